The van der Waals surface area contributed by atoms with Crippen LogP contribution in [-0.2, 0) is 0 Å². The van der Waals surface area contributed by atoms with Gasteiger partial charge < -0.3 is 0 Å². The molecule has 0 fully saturated rings. The Balaban J connectivity index is 2.55. The van der Waals surface area contributed by atoms with Crippen LogP contribution in [-0.4, -0.2) is 6.21 Å². The second-order valence-corrected chi connectivity index (χ2v) is 2.52. The predicted octanol–water partition coefficient (Wildman–Crippen LogP) is 2.39. The maximum Gasteiger partial charge on any atom is 0.0331 e. The minimum Gasteiger partial charge on any atom is -0.266 e. The van der Waals surface area contributed by atoms with Gasteiger partial charge in [-0.1, -0.05) is 13.0 Å². The minimum atomic E-state index is 0.752. The van der Waals surface area contributed by atoms with Gasteiger partial charge in [-0.3, -0.25) is 4.99 Å². The second-order valence-electron chi connectivity index (χ2n) is 2.52. The van der Waals surface area contributed by atoms with Crippen molar-refractivity contribution in [3.05, 3.63) is 11.8 Å². The standard InChI is InChI=1S/C8H13N/c1-3-8-4-5-9-7(2)6-8/h5-6,8H,3-4H2,1-2H3. The van der Waals surface area contributed by atoms with Crippen LogP contribution in [0.2, 0.25) is 0 Å². The molecule has 0 radical (unpaired) electrons. The SMILES string of the molecule is CCC1C=C(C)N=CC1. The van der Waals surface area contributed by atoms with Gasteiger partial charge in [-0.05, 0) is 25.7 Å². The molecule has 0 spiro atoms. The average Bonchev–Trinajstić information content (AvgIpc) is 1.88. The molecule has 0 aliphatic carbocycles. The molecule has 1 heterocycles. The highest BCUT2D eigenvalue weighted by atomic mass is 14.7. The number of aliphatic imine (C=N–C) groups is 1. The largest absolute Gasteiger partial charge is 0.266 e. The van der Waals surface area contributed by atoms with Crippen LogP contribution in [0.15, 0.2) is 16.8 Å². The number of nitrogens with zero attached hydrogens (tertiary/aromatic N) is 1. The molecule has 0 saturated carbocycles. The Labute approximate surface area is 56.5 Å². The van der Waals surface area contributed by atoms with Gasteiger partial charge in [-0.2, -0.15) is 0 Å². The number of hydrogen-bond donors (Lipinski definition) is 0. The summed E-state index contributed by atoms with van der Waals surface area (Å²) in [6.07, 6.45) is 6.64. The molecule has 0 N–H and O–H groups in total. The maximum absolute atomic E-state index is 4.16. The number of allylic oxidation sites excluding steroid dienone is 2. The fraction of sp³-hybridized carbons (Fsp3) is 0.625. The molecule has 0 saturated heterocycles. The summed E-state index contributed by atoms with van der Waals surface area (Å²) in [5, 5.41) is 0. The number of hydrogen-bond acceptors (Lipinski definition) is 1. The molecule has 1 unspecified atom stereocenters. The lowest BCUT2D eigenvalue weighted by molar-refractivity contribution is 0.646. The van der Waals surface area contributed by atoms with Gasteiger partial charge in [0.25, 0.3) is 0 Å². The van der Waals surface area contributed by atoms with Crippen molar-refractivity contribution in [2.75, 3.05) is 0 Å². The molecule has 0 aromatic rings. The van der Waals surface area contributed by atoms with Gasteiger partial charge in [0, 0.05) is 11.9 Å². The zero-order chi connectivity index (χ0) is 6.69. The molecular formula is C8H13N. The Kier molecular flexibility index (Phi) is 2.04. The van der Waals surface area contributed by atoms with Gasteiger partial charge in [0.05, 0.1) is 0 Å². The zero-order valence-corrected chi connectivity index (χ0v) is 6.09. The van der Waals surface area contributed by atoms with E-state index in [2.05, 4.69) is 24.9 Å². The quantitative estimate of drug-likeness (QED) is 0.507. The summed E-state index contributed by atoms with van der Waals surface area (Å²) in [6.45, 7) is 4.27. The van der Waals surface area contributed by atoms with E-state index in [1.54, 1.807) is 0 Å². The fourth-order valence-corrected chi connectivity index (χ4v) is 1.07. The van der Waals surface area contributed by atoms with Crippen LogP contribution >= 0.6 is 0 Å². The first-order valence-electron chi connectivity index (χ1n) is 3.54. The molecule has 1 atom stereocenters. The second kappa shape index (κ2) is 2.81. The molecular weight excluding hydrogens is 110 g/mol. The Morgan fingerprint density at radius 1 is 1.78 bits per heavy atom. The molecule has 0 bridgehead atoms. The lowest BCUT2D eigenvalue weighted by Gasteiger charge is -2.10. The van der Waals surface area contributed by atoms with Crippen LogP contribution in [0.25, 0.3) is 0 Å². The van der Waals surface area contributed by atoms with E-state index in [-0.39, 0.29) is 0 Å². The van der Waals surface area contributed by atoms with Crippen LogP contribution in [0.3, 0.4) is 0 Å². The molecule has 1 aliphatic rings. The zero-order valence-electron chi connectivity index (χ0n) is 6.09. The van der Waals surface area contributed by atoms with Crippen LogP contribution < -0.4 is 0 Å². The van der Waals surface area contributed by atoms with Gasteiger partial charge >= 0.3 is 0 Å². The van der Waals surface area contributed by atoms with Crippen molar-refractivity contribution >= 4 is 6.21 Å². The van der Waals surface area contributed by atoms with Crippen LogP contribution in [0.1, 0.15) is 26.7 Å². The van der Waals surface area contributed by atoms with E-state index in [1.165, 1.54) is 12.1 Å². The Bertz CT molecular complexity index is 145. The first kappa shape index (κ1) is 6.53. The van der Waals surface area contributed by atoms with Crippen molar-refractivity contribution < 1.29 is 0 Å². The Morgan fingerprint density at radius 3 is 3.00 bits per heavy atom. The molecule has 1 aliphatic heterocycles. The third kappa shape index (κ3) is 1.67. The van der Waals surface area contributed by atoms with E-state index in [0.29, 0.717) is 0 Å². The molecule has 50 valence electrons. The van der Waals surface area contributed by atoms with E-state index in [0.717, 1.165) is 12.3 Å². The van der Waals surface area contributed by atoms with Crippen LogP contribution in [0.5, 0.6) is 0 Å². The maximum atomic E-state index is 4.16. The lowest BCUT2D eigenvalue weighted by Crippen LogP contribution is -2.00. The third-order valence-corrected chi connectivity index (χ3v) is 1.70. The fourth-order valence-electron chi connectivity index (χ4n) is 1.07. The van der Waals surface area contributed by atoms with Crippen LogP contribution in [0, 0.1) is 5.92 Å². The van der Waals surface area contributed by atoms with Crippen molar-refractivity contribution in [1.29, 1.82) is 0 Å². The van der Waals surface area contributed by atoms with Crippen molar-refractivity contribution in [2.24, 2.45) is 10.9 Å². The highest BCUT2D eigenvalue weighted by Gasteiger charge is 2.03. The molecule has 1 heteroatoms. The summed E-state index contributed by atoms with van der Waals surface area (Å²) < 4.78 is 0. The summed E-state index contributed by atoms with van der Waals surface area (Å²) in [6, 6.07) is 0. The first-order valence-corrected chi connectivity index (χ1v) is 3.54. The molecule has 0 aromatic carbocycles. The lowest BCUT2D eigenvalue weighted by atomic mass is 10.0. The summed E-state index contributed by atoms with van der Waals surface area (Å²) in [7, 11) is 0. The van der Waals surface area contributed by atoms with Gasteiger partial charge in [-0.25, -0.2) is 0 Å². The van der Waals surface area contributed by atoms with E-state index < -0.39 is 0 Å². The van der Waals surface area contributed by atoms with E-state index in [9.17, 15) is 0 Å². The monoisotopic (exact) mass is 123 g/mol. The average molecular weight is 123 g/mol. The topological polar surface area (TPSA) is 12.4 Å². The first-order chi connectivity index (χ1) is 4.33. The smallest absolute Gasteiger partial charge is 0.0331 e. The Morgan fingerprint density at radius 2 is 2.56 bits per heavy atom. The molecule has 0 amide bonds. The molecule has 0 aromatic heterocycles. The molecule has 1 rings (SSSR count). The normalized spacial score (nSPS) is 26.0. The van der Waals surface area contributed by atoms with Crippen molar-refractivity contribution in [1.82, 2.24) is 0 Å². The minimum absolute atomic E-state index is 0.752. The highest BCUT2D eigenvalue weighted by Crippen LogP contribution is 2.15. The van der Waals surface area contributed by atoms with E-state index in [4.69, 9.17) is 0 Å². The van der Waals surface area contributed by atoms with Gasteiger partial charge in [0.15, 0.2) is 0 Å². The molecule has 1 nitrogen and oxygen atoms in total. The summed E-state index contributed by atoms with van der Waals surface area (Å²) in [5.74, 6) is 0.752. The third-order valence-electron chi connectivity index (χ3n) is 1.70. The van der Waals surface area contributed by atoms with E-state index >= 15 is 0 Å². The van der Waals surface area contributed by atoms with Crippen molar-refractivity contribution in [2.45, 2.75) is 26.7 Å². The number of rotatable bonds is 1. The van der Waals surface area contributed by atoms with E-state index in [1.807, 2.05) is 6.21 Å². The van der Waals surface area contributed by atoms with Gasteiger partial charge in [0.1, 0.15) is 0 Å². The predicted molar refractivity (Wildman–Crippen MR) is 40.6 cm³/mol. The summed E-state index contributed by atoms with van der Waals surface area (Å²) in [4.78, 5) is 4.16. The van der Waals surface area contributed by atoms with Gasteiger partial charge in [0.2, 0.25) is 0 Å². The summed E-state index contributed by atoms with van der Waals surface area (Å²) >= 11 is 0. The Hall–Kier alpha value is -0.590. The van der Waals surface area contributed by atoms with Crippen LogP contribution in [0.4, 0.5) is 0 Å². The van der Waals surface area contributed by atoms with Crippen molar-refractivity contribution in [3.8, 4) is 0 Å². The van der Waals surface area contributed by atoms with Gasteiger partial charge in [-0.15, -0.1) is 0 Å². The molecule has 9 heavy (non-hydrogen) atoms. The summed E-state index contributed by atoms with van der Waals surface area (Å²) in [5.41, 5.74) is 1.17. The van der Waals surface area contributed by atoms with Crippen molar-refractivity contribution in [3.63, 3.8) is 0 Å². The highest BCUT2D eigenvalue weighted by molar-refractivity contribution is 5.61.